The largest absolute Gasteiger partial charge is 0.458 e. The highest BCUT2D eigenvalue weighted by Gasteiger charge is 2.87. The number of hydrogen-bond donors (Lipinski definition) is 2. The zero-order valence-electron chi connectivity index (χ0n) is 25.6. The summed E-state index contributed by atoms with van der Waals surface area (Å²) in [5, 5.41) is 24.8. The summed E-state index contributed by atoms with van der Waals surface area (Å²) in [6, 6.07) is 0. The Morgan fingerprint density at radius 3 is 2.34 bits per heavy atom. The van der Waals surface area contributed by atoms with Gasteiger partial charge in [-0.25, -0.2) is 4.79 Å². The third kappa shape index (κ3) is 4.51. The number of allylic oxidation sites excluding steroid dienone is 1. The second-order valence-electron chi connectivity index (χ2n) is 13.4. The monoisotopic (exact) mass is 572 g/mol. The van der Waals surface area contributed by atoms with E-state index < -0.39 is 75.7 Å². The average Bonchev–Trinajstić information content (AvgIpc) is 3.29. The molecule has 0 bridgehead atoms. The number of ketones is 1. The van der Waals surface area contributed by atoms with Crippen molar-refractivity contribution in [3.8, 4) is 0 Å². The number of Topliss-reactive ketones (excluding diaryl/α,β-unsaturated/α-hetero) is 1. The van der Waals surface area contributed by atoms with E-state index in [2.05, 4.69) is 0 Å². The Bertz CT molecular complexity index is 1260. The molecule has 0 aromatic carbocycles. The van der Waals surface area contributed by atoms with Gasteiger partial charge in [-0.2, -0.15) is 0 Å². The maximum atomic E-state index is 13.5. The van der Waals surface area contributed by atoms with Crippen molar-refractivity contribution in [3.05, 3.63) is 34.9 Å². The number of carbonyl (C=O) groups is 4. The van der Waals surface area contributed by atoms with Crippen LogP contribution in [0.25, 0.3) is 0 Å². The Balaban J connectivity index is 1.89. The van der Waals surface area contributed by atoms with E-state index in [9.17, 15) is 29.4 Å². The second kappa shape index (κ2) is 10.2. The van der Waals surface area contributed by atoms with Crippen molar-refractivity contribution >= 4 is 23.7 Å². The van der Waals surface area contributed by atoms with Crippen molar-refractivity contribution in [2.75, 3.05) is 6.61 Å². The molecule has 4 rings (SSSR count). The molecule has 0 aromatic heterocycles. The maximum Gasteiger partial charge on any atom is 0.333 e. The average molecular weight is 573 g/mol. The predicted molar refractivity (Wildman–Crippen MR) is 149 cm³/mol. The first-order chi connectivity index (χ1) is 18.9. The van der Waals surface area contributed by atoms with Gasteiger partial charge in [-0.15, -0.1) is 0 Å². The van der Waals surface area contributed by atoms with Gasteiger partial charge in [0.15, 0.2) is 11.4 Å². The minimum atomic E-state index is -2.00. The SMILES string of the molecule is C/C=C(/C)C(=O)OCC1=C[C@H]2[C@@H]3C(C)(C)[C@]3(OC(C)=O)[C@H](OC(=O)CC(C)C)[C@@H](C)[C@]2(O)[C@H]2C=C(C)C(=O)[C@@]2(O)C1. The summed E-state index contributed by atoms with van der Waals surface area (Å²) in [5.74, 6) is -5.18. The van der Waals surface area contributed by atoms with Crippen molar-refractivity contribution in [2.24, 2.45) is 35.0 Å². The van der Waals surface area contributed by atoms with Gasteiger partial charge in [0.25, 0.3) is 0 Å². The van der Waals surface area contributed by atoms with E-state index in [0.29, 0.717) is 16.7 Å². The smallest absolute Gasteiger partial charge is 0.333 e. The van der Waals surface area contributed by atoms with Crippen molar-refractivity contribution in [1.82, 2.24) is 0 Å². The van der Waals surface area contributed by atoms with E-state index in [1.165, 1.54) is 6.92 Å². The van der Waals surface area contributed by atoms with E-state index in [1.807, 2.05) is 27.7 Å². The Kier molecular flexibility index (Phi) is 7.75. The van der Waals surface area contributed by atoms with E-state index in [-0.39, 0.29) is 25.4 Å². The van der Waals surface area contributed by atoms with Crippen molar-refractivity contribution in [3.63, 3.8) is 0 Å². The molecule has 0 amide bonds. The molecular weight excluding hydrogens is 528 g/mol. The number of rotatable bonds is 7. The fourth-order valence-corrected chi connectivity index (χ4v) is 7.97. The van der Waals surface area contributed by atoms with Gasteiger partial charge in [0.1, 0.15) is 18.3 Å². The zero-order chi connectivity index (χ0) is 30.9. The van der Waals surface area contributed by atoms with Crippen molar-refractivity contribution < 1.29 is 43.6 Å². The first-order valence-corrected chi connectivity index (χ1v) is 14.5. The van der Waals surface area contributed by atoms with Crippen LogP contribution in [0.2, 0.25) is 0 Å². The van der Waals surface area contributed by atoms with Crippen LogP contribution in [-0.2, 0) is 33.4 Å². The fraction of sp³-hybridized carbons (Fsp3) is 0.688. The summed E-state index contributed by atoms with van der Waals surface area (Å²) < 4.78 is 17.7. The summed E-state index contributed by atoms with van der Waals surface area (Å²) in [6.07, 6.45) is 3.98. The van der Waals surface area contributed by atoms with Gasteiger partial charge < -0.3 is 24.4 Å². The molecule has 226 valence electrons. The number of fused-ring (bicyclic) bond motifs is 5. The highest BCUT2D eigenvalue weighted by Crippen LogP contribution is 2.77. The van der Waals surface area contributed by atoms with E-state index >= 15 is 0 Å². The summed E-state index contributed by atoms with van der Waals surface area (Å²) in [7, 11) is 0. The Labute approximate surface area is 242 Å². The van der Waals surface area contributed by atoms with Crippen LogP contribution in [0.5, 0.6) is 0 Å². The summed E-state index contributed by atoms with van der Waals surface area (Å²) in [5.41, 5.74) is -4.54. The standard InChI is InChI=1S/C32H44O9/c1-10-17(4)28(36)39-15-21-13-22-25-29(8,9)32(25,41-20(7)33)27(40-24(34)11-16(2)3)19(6)31(22,38)23-12-18(5)26(35)30(23,37)14-21/h10,12-13,16,19,22-23,25,27,37-38H,11,14-15H2,1-9H3/b17-10-/t19-,22+,23+,25-,27-,30-,31-,32-/m1/s1. The van der Waals surface area contributed by atoms with Crippen LogP contribution >= 0.6 is 0 Å². The summed E-state index contributed by atoms with van der Waals surface area (Å²) in [4.78, 5) is 51.5. The molecule has 0 saturated heterocycles. The molecule has 0 heterocycles. The molecule has 2 saturated carbocycles. The third-order valence-electron chi connectivity index (χ3n) is 10.0. The lowest BCUT2D eigenvalue weighted by Crippen LogP contribution is -2.66. The lowest BCUT2D eigenvalue weighted by molar-refractivity contribution is -0.228. The van der Waals surface area contributed by atoms with Gasteiger partial charge in [-0.3, -0.25) is 14.4 Å². The van der Waals surface area contributed by atoms with Crippen LogP contribution in [0, 0.1) is 35.0 Å². The molecule has 0 unspecified atom stereocenters. The van der Waals surface area contributed by atoms with E-state index in [4.69, 9.17) is 14.2 Å². The van der Waals surface area contributed by atoms with Gasteiger partial charge in [0.2, 0.25) is 0 Å². The molecule has 0 spiro atoms. The molecule has 2 N–H and O–H groups in total. The highest BCUT2D eigenvalue weighted by molar-refractivity contribution is 6.05. The molecule has 4 aliphatic rings. The molecule has 41 heavy (non-hydrogen) atoms. The lowest BCUT2D eigenvalue weighted by atomic mass is 9.59. The van der Waals surface area contributed by atoms with Crippen molar-refractivity contribution in [2.45, 2.75) is 98.1 Å². The van der Waals surface area contributed by atoms with E-state index in [0.717, 1.165) is 0 Å². The molecular formula is C32H44O9. The Hall–Kier alpha value is -2.78. The van der Waals surface area contributed by atoms with Crippen LogP contribution in [0.1, 0.15) is 75.2 Å². The summed E-state index contributed by atoms with van der Waals surface area (Å²) in [6.45, 7) is 15.4. The van der Waals surface area contributed by atoms with Gasteiger partial charge in [-0.05, 0) is 37.8 Å². The number of carbonyl (C=O) groups excluding carboxylic acids is 4. The molecule has 0 aromatic rings. The van der Waals surface area contributed by atoms with Crippen LogP contribution in [0.3, 0.4) is 0 Å². The fourth-order valence-electron chi connectivity index (χ4n) is 7.97. The third-order valence-corrected chi connectivity index (χ3v) is 10.0. The zero-order valence-corrected chi connectivity index (χ0v) is 25.6. The minimum Gasteiger partial charge on any atom is -0.458 e. The number of ether oxygens (including phenoxy) is 3. The van der Waals surface area contributed by atoms with Gasteiger partial charge in [0.05, 0.1) is 5.60 Å². The van der Waals surface area contributed by atoms with Gasteiger partial charge in [-0.1, -0.05) is 52.8 Å². The number of aliphatic hydroxyl groups is 2. The number of hydrogen-bond acceptors (Lipinski definition) is 9. The minimum absolute atomic E-state index is 0.0188. The molecule has 0 aliphatic heterocycles. The molecule has 9 heteroatoms. The molecule has 8 atom stereocenters. The lowest BCUT2D eigenvalue weighted by Gasteiger charge is -2.53. The topological polar surface area (TPSA) is 136 Å². The van der Waals surface area contributed by atoms with E-state index in [1.54, 1.807) is 45.9 Å². The molecule has 2 fully saturated rings. The molecule has 4 aliphatic carbocycles. The van der Waals surface area contributed by atoms with Crippen LogP contribution < -0.4 is 0 Å². The molecule has 9 nitrogen and oxygen atoms in total. The first-order valence-electron chi connectivity index (χ1n) is 14.5. The normalized spacial score (nSPS) is 39.0. The molecule has 0 radical (unpaired) electrons. The van der Waals surface area contributed by atoms with Crippen molar-refractivity contribution in [1.29, 1.82) is 0 Å². The van der Waals surface area contributed by atoms with Crippen LogP contribution in [0.15, 0.2) is 34.9 Å². The second-order valence-corrected chi connectivity index (χ2v) is 13.4. The quantitative estimate of drug-likeness (QED) is 0.203. The van der Waals surface area contributed by atoms with Gasteiger partial charge >= 0.3 is 17.9 Å². The van der Waals surface area contributed by atoms with Crippen LogP contribution in [-0.4, -0.2) is 63.4 Å². The Morgan fingerprint density at radius 2 is 1.78 bits per heavy atom. The maximum absolute atomic E-state index is 13.5. The predicted octanol–water partition coefficient (Wildman–Crippen LogP) is 3.62. The van der Waals surface area contributed by atoms with Gasteiger partial charge in [0, 0.05) is 54.4 Å². The van der Waals surface area contributed by atoms with Crippen LogP contribution in [0.4, 0.5) is 0 Å². The number of esters is 3. The Morgan fingerprint density at radius 1 is 1.15 bits per heavy atom. The highest BCUT2D eigenvalue weighted by atomic mass is 16.6. The summed E-state index contributed by atoms with van der Waals surface area (Å²) >= 11 is 0. The first kappa shape index (κ1) is 31.2.